The van der Waals surface area contributed by atoms with E-state index in [1.165, 1.54) is 24.8 Å². The maximum Gasteiger partial charge on any atom is 0.119 e. The van der Waals surface area contributed by atoms with E-state index >= 15 is 0 Å². The zero-order valence-electron chi connectivity index (χ0n) is 15.0. The lowest BCUT2D eigenvalue weighted by Gasteiger charge is -2.05. The summed E-state index contributed by atoms with van der Waals surface area (Å²) in [4.78, 5) is 4.55. The summed E-state index contributed by atoms with van der Waals surface area (Å²) in [6.45, 7) is 5.19. The van der Waals surface area contributed by atoms with Gasteiger partial charge in [0, 0.05) is 6.21 Å². The van der Waals surface area contributed by atoms with Gasteiger partial charge in [-0.1, -0.05) is 45.2 Å². The first-order chi connectivity index (χ1) is 11.8. The van der Waals surface area contributed by atoms with Gasteiger partial charge in [-0.2, -0.15) is 0 Å². The maximum absolute atomic E-state index is 5.67. The monoisotopic (exact) mass is 323 g/mol. The van der Waals surface area contributed by atoms with Crippen molar-refractivity contribution in [3.63, 3.8) is 0 Å². The van der Waals surface area contributed by atoms with Crippen LogP contribution in [-0.2, 0) is 6.42 Å². The number of unbranched alkanes of at least 4 members (excludes halogenated alkanes) is 3. The van der Waals surface area contributed by atoms with Crippen LogP contribution in [0.2, 0.25) is 0 Å². The average molecular weight is 323 g/mol. The predicted octanol–water partition coefficient (Wildman–Crippen LogP) is 6.35. The number of aryl methyl sites for hydroxylation is 1. The van der Waals surface area contributed by atoms with Crippen LogP contribution in [0.5, 0.6) is 5.75 Å². The molecule has 2 aromatic rings. The van der Waals surface area contributed by atoms with Crippen molar-refractivity contribution in [2.75, 3.05) is 6.61 Å². The number of benzene rings is 2. The topological polar surface area (TPSA) is 21.6 Å². The molecule has 0 fully saturated rings. The number of hydrogen-bond acceptors (Lipinski definition) is 2. The van der Waals surface area contributed by atoms with Crippen molar-refractivity contribution >= 4 is 11.9 Å². The number of rotatable bonds is 10. The van der Waals surface area contributed by atoms with Gasteiger partial charge in [-0.3, -0.25) is 4.99 Å². The van der Waals surface area contributed by atoms with Gasteiger partial charge in [0.25, 0.3) is 0 Å². The Labute approximate surface area is 146 Å². The van der Waals surface area contributed by atoms with Crippen molar-refractivity contribution in [3.8, 4) is 5.75 Å². The van der Waals surface area contributed by atoms with Crippen molar-refractivity contribution in [3.05, 3.63) is 59.7 Å². The third kappa shape index (κ3) is 6.57. The second-order valence-electron chi connectivity index (χ2n) is 6.15. The molecular formula is C22H29NO. The maximum atomic E-state index is 5.67. The Morgan fingerprint density at radius 1 is 0.833 bits per heavy atom. The van der Waals surface area contributed by atoms with Gasteiger partial charge in [0.15, 0.2) is 0 Å². The highest BCUT2D eigenvalue weighted by molar-refractivity contribution is 5.82. The fraction of sp³-hybridized carbons (Fsp3) is 0.409. The molecule has 2 heteroatoms. The van der Waals surface area contributed by atoms with Crippen LogP contribution in [0.15, 0.2) is 53.5 Å². The Hall–Kier alpha value is -2.09. The number of ether oxygens (including phenoxy) is 1. The lowest BCUT2D eigenvalue weighted by atomic mass is 10.1. The molecule has 0 unspecified atom stereocenters. The van der Waals surface area contributed by atoms with Crippen molar-refractivity contribution < 1.29 is 4.74 Å². The van der Waals surface area contributed by atoms with E-state index < -0.39 is 0 Å². The first-order valence-electron chi connectivity index (χ1n) is 9.17. The Morgan fingerprint density at radius 2 is 1.54 bits per heavy atom. The lowest BCUT2D eigenvalue weighted by molar-refractivity contribution is 0.309. The summed E-state index contributed by atoms with van der Waals surface area (Å²) in [6, 6.07) is 16.7. The summed E-state index contributed by atoms with van der Waals surface area (Å²) < 4.78 is 5.67. The zero-order chi connectivity index (χ0) is 17.0. The molecule has 0 aliphatic heterocycles. The van der Waals surface area contributed by atoms with Crippen LogP contribution in [0.3, 0.4) is 0 Å². The first kappa shape index (κ1) is 18.3. The Bertz CT molecular complexity index is 543. The molecule has 2 rings (SSSR count). The Balaban J connectivity index is 1.86. The Kier molecular flexibility index (Phi) is 8.09. The molecule has 2 aromatic carbocycles. The van der Waals surface area contributed by atoms with Crippen LogP contribution < -0.4 is 4.74 Å². The summed E-state index contributed by atoms with van der Waals surface area (Å²) >= 11 is 0. The molecule has 24 heavy (non-hydrogen) atoms. The molecule has 0 spiro atoms. The van der Waals surface area contributed by atoms with Gasteiger partial charge in [-0.15, -0.1) is 0 Å². The van der Waals surface area contributed by atoms with Crippen LogP contribution in [0, 0.1) is 0 Å². The van der Waals surface area contributed by atoms with E-state index in [4.69, 9.17) is 4.74 Å². The van der Waals surface area contributed by atoms with Crippen molar-refractivity contribution in [1.29, 1.82) is 0 Å². The molecule has 0 aromatic heterocycles. The molecule has 0 radical (unpaired) electrons. The van der Waals surface area contributed by atoms with Gasteiger partial charge in [-0.25, -0.2) is 0 Å². The van der Waals surface area contributed by atoms with Crippen LogP contribution in [-0.4, -0.2) is 12.8 Å². The Morgan fingerprint density at radius 3 is 2.21 bits per heavy atom. The standard InChI is InChI=1S/C22H29NO/c1-3-5-7-8-19-9-13-21(14-10-19)23-18-20-11-15-22(16-12-20)24-17-6-4-2/h9-16,18H,3-8,17H2,1-2H3. The molecular weight excluding hydrogens is 294 g/mol. The van der Waals surface area contributed by atoms with Gasteiger partial charge >= 0.3 is 0 Å². The molecule has 0 N–H and O–H groups in total. The average Bonchev–Trinajstić information content (AvgIpc) is 2.63. The van der Waals surface area contributed by atoms with E-state index in [2.05, 4.69) is 43.1 Å². The van der Waals surface area contributed by atoms with E-state index in [0.717, 1.165) is 42.9 Å². The molecule has 128 valence electrons. The molecule has 0 saturated carbocycles. The highest BCUT2D eigenvalue weighted by atomic mass is 16.5. The van der Waals surface area contributed by atoms with Crippen molar-refractivity contribution in [2.24, 2.45) is 4.99 Å². The van der Waals surface area contributed by atoms with Gasteiger partial charge in [-0.05, 0) is 66.8 Å². The molecule has 0 heterocycles. The number of aliphatic imine (C=N–C) groups is 1. The van der Waals surface area contributed by atoms with E-state index in [9.17, 15) is 0 Å². The summed E-state index contributed by atoms with van der Waals surface area (Å²) in [6.07, 6.45) is 9.16. The summed E-state index contributed by atoms with van der Waals surface area (Å²) in [5.74, 6) is 0.928. The van der Waals surface area contributed by atoms with E-state index in [0.29, 0.717) is 0 Å². The van der Waals surface area contributed by atoms with Crippen molar-refractivity contribution in [1.82, 2.24) is 0 Å². The predicted molar refractivity (Wildman–Crippen MR) is 104 cm³/mol. The molecule has 0 aliphatic rings. The number of hydrogen-bond donors (Lipinski definition) is 0. The molecule has 0 atom stereocenters. The van der Waals surface area contributed by atoms with Gasteiger partial charge in [0.2, 0.25) is 0 Å². The van der Waals surface area contributed by atoms with Crippen molar-refractivity contribution in [2.45, 2.75) is 52.4 Å². The minimum Gasteiger partial charge on any atom is -0.494 e. The number of nitrogens with zero attached hydrogens (tertiary/aromatic N) is 1. The highest BCUT2D eigenvalue weighted by Gasteiger charge is 1.96. The van der Waals surface area contributed by atoms with Crippen LogP contribution >= 0.6 is 0 Å². The van der Waals surface area contributed by atoms with E-state index in [1.807, 2.05) is 30.5 Å². The summed E-state index contributed by atoms with van der Waals surface area (Å²) in [5, 5.41) is 0. The largest absolute Gasteiger partial charge is 0.494 e. The van der Waals surface area contributed by atoms with Crippen LogP contribution in [0.25, 0.3) is 0 Å². The van der Waals surface area contributed by atoms with Crippen LogP contribution in [0.1, 0.15) is 57.1 Å². The first-order valence-corrected chi connectivity index (χ1v) is 9.17. The highest BCUT2D eigenvalue weighted by Crippen LogP contribution is 2.16. The van der Waals surface area contributed by atoms with E-state index in [1.54, 1.807) is 0 Å². The summed E-state index contributed by atoms with van der Waals surface area (Å²) in [5.41, 5.74) is 3.48. The summed E-state index contributed by atoms with van der Waals surface area (Å²) in [7, 11) is 0. The SMILES string of the molecule is CCCCCc1ccc(N=Cc2ccc(OCCCC)cc2)cc1. The van der Waals surface area contributed by atoms with Gasteiger partial charge < -0.3 is 4.74 Å². The minimum atomic E-state index is 0.786. The quantitative estimate of drug-likeness (QED) is 0.369. The fourth-order valence-corrected chi connectivity index (χ4v) is 2.46. The fourth-order valence-electron chi connectivity index (χ4n) is 2.46. The molecule has 0 amide bonds. The molecule has 0 bridgehead atoms. The third-order valence-electron chi connectivity index (χ3n) is 4.01. The minimum absolute atomic E-state index is 0.786. The van der Waals surface area contributed by atoms with Gasteiger partial charge in [0.1, 0.15) is 5.75 Å². The third-order valence-corrected chi connectivity index (χ3v) is 4.01. The van der Waals surface area contributed by atoms with Gasteiger partial charge in [0.05, 0.1) is 12.3 Å². The second-order valence-corrected chi connectivity index (χ2v) is 6.15. The molecule has 0 saturated heterocycles. The lowest BCUT2D eigenvalue weighted by Crippen LogP contribution is -1.96. The normalized spacial score (nSPS) is 11.1. The van der Waals surface area contributed by atoms with E-state index in [-0.39, 0.29) is 0 Å². The molecule has 2 nitrogen and oxygen atoms in total. The molecule has 0 aliphatic carbocycles. The zero-order valence-corrected chi connectivity index (χ0v) is 15.0. The van der Waals surface area contributed by atoms with Crippen LogP contribution in [0.4, 0.5) is 5.69 Å². The second kappa shape index (κ2) is 10.6. The smallest absolute Gasteiger partial charge is 0.119 e.